The maximum atomic E-state index is 12.4. The van der Waals surface area contributed by atoms with Gasteiger partial charge in [0.05, 0.1) is 18.1 Å². The molecule has 2 aliphatic rings. The Balaban J connectivity index is 1.90. The van der Waals surface area contributed by atoms with Crippen LogP contribution in [0.1, 0.15) is 40.0 Å². The Morgan fingerprint density at radius 1 is 1.20 bits per heavy atom. The van der Waals surface area contributed by atoms with Crippen molar-refractivity contribution in [1.29, 1.82) is 0 Å². The second-order valence-electron chi connectivity index (χ2n) is 8.19. The molecule has 0 spiro atoms. The minimum Gasteiger partial charge on any atom is -0.324 e. The molecule has 5 unspecified atom stereocenters. The molecule has 148 valence electrons. The molecule has 0 aliphatic heterocycles. The highest BCUT2D eigenvalue weighted by molar-refractivity contribution is 7.91. The van der Waals surface area contributed by atoms with Gasteiger partial charge in [-0.3, -0.25) is 9.09 Å². The number of phosphoric ester groups is 1. The minimum atomic E-state index is -4.76. The summed E-state index contributed by atoms with van der Waals surface area (Å²) in [5.74, 6) is 0.0499. The molecular weight excluding hydrogens is 390 g/mol. The summed E-state index contributed by atoms with van der Waals surface area (Å²) in [6.45, 7) is 6.82. The second kappa shape index (κ2) is 6.69. The van der Waals surface area contributed by atoms with Crippen molar-refractivity contribution in [3.63, 3.8) is 0 Å². The number of sulfone groups is 1. The van der Waals surface area contributed by atoms with Crippen LogP contribution in [0.2, 0.25) is 0 Å². The van der Waals surface area contributed by atoms with Crippen molar-refractivity contribution in [2.24, 2.45) is 22.7 Å². The molecule has 0 aromatic carbocycles. The molecule has 2 fully saturated rings. The first-order valence-electron chi connectivity index (χ1n) is 8.26. The van der Waals surface area contributed by atoms with Gasteiger partial charge in [-0.15, -0.1) is 0 Å². The lowest BCUT2D eigenvalue weighted by Gasteiger charge is -2.34. The molecule has 0 aromatic rings. The van der Waals surface area contributed by atoms with Crippen LogP contribution in [0, 0.1) is 22.7 Å². The van der Waals surface area contributed by atoms with Gasteiger partial charge in [0.1, 0.15) is 0 Å². The van der Waals surface area contributed by atoms with Crippen LogP contribution in [-0.4, -0.2) is 43.0 Å². The molecule has 5 atom stereocenters. The Bertz CT molecular complexity index is 710. The highest BCUT2D eigenvalue weighted by Gasteiger charge is 2.60. The van der Waals surface area contributed by atoms with Crippen LogP contribution >= 0.6 is 15.4 Å². The fourth-order valence-electron chi connectivity index (χ4n) is 4.59. The van der Waals surface area contributed by atoms with E-state index in [1.54, 1.807) is 0 Å². The maximum Gasteiger partial charge on any atom is 0.479 e. The zero-order valence-corrected chi connectivity index (χ0v) is 17.6. The van der Waals surface area contributed by atoms with E-state index in [2.05, 4.69) is 29.6 Å². The molecule has 2 N–H and O–H groups in total. The highest BCUT2D eigenvalue weighted by Crippen LogP contribution is 2.67. The lowest BCUT2D eigenvalue weighted by Crippen LogP contribution is -2.27. The topological polar surface area (TPSA) is 127 Å². The molecular formula is C14H28O8P2S. The summed E-state index contributed by atoms with van der Waals surface area (Å²) in [5.41, 5.74) is 0.272. The fourth-order valence-corrected chi connectivity index (χ4v) is 8.27. The molecule has 0 amide bonds. The largest absolute Gasteiger partial charge is 0.479 e. The average Bonchev–Trinajstić information content (AvgIpc) is 2.65. The monoisotopic (exact) mass is 418 g/mol. The van der Waals surface area contributed by atoms with E-state index < -0.39 is 37.6 Å². The Morgan fingerprint density at radius 3 is 2.24 bits per heavy atom. The number of hydrogen-bond acceptors (Lipinski definition) is 6. The van der Waals surface area contributed by atoms with Crippen LogP contribution in [0.15, 0.2) is 0 Å². The van der Waals surface area contributed by atoms with Gasteiger partial charge in [0.25, 0.3) is 0 Å². The summed E-state index contributed by atoms with van der Waals surface area (Å²) in [4.78, 5) is 18.2. The zero-order valence-electron chi connectivity index (χ0n) is 15.0. The van der Waals surface area contributed by atoms with Crippen molar-refractivity contribution in [2.45, 2.75) is 40.0 Å². The quantitative estimate of drug-likeness (QED) is 0.576. The molecule has 0 radical (unpaired) electrons. The third kappa shape index (κ3) is 4.95. The molecule has 2 saturated carbocycles. The van der Waals surface area contributed by atoms with Crippen LogP contribution in [0.4, 0.5) is 0 Å². The minimum absolute atomic E-state index is 0.0307. The summed E-state index contributed by atoms with van der Waals surface area (Å²) in [7, 11) is -12.4. The van der Waals surface area contributed by atoms with E-state index >= 15 is 0 Å². The van der Waals surface area contributed by atoms with Crippen molar-refractivity contribution >= 4 is 25.3 Å². The third-order valence-electron chi connectivity index (χ3n) is 6.14. The molecule has 2 bridgehead atoms. The van der Waals surface area contributed by atoms with Gasteiger partial charge in [-0.05, 0) is 41.9 Å². The van der Waals surface area contributed by atoms with E-state index in [0.717, 1.165) is 25.9 Å². The highest BCUT2D eigenvalue weighted by atomic mass is 32.2. The van der Waals surface area contributed by atoms with E-state index in [9.17, 15) is 22.4 Å². The van der Waals surface area contributed by atoms with Gasteiger partial charge in [0.2, 0.25) is 0 Å². The first-order valence-corrected chi connectivity index (χ1v) is 13.6. The van der Waals surface area contributed by atoms with Gasteiger partial charge >= 0.3 is 15.4 Å². The maximum absolute atomic E-state index is 12.4. The normalized spacial score (nSPS) is 36.1. The molecule has 8 nitrogen and oxygen atoms in total. The summed E-state index contributed by atoms with van der Waals surface area (Å²) >= 11 is 0. The van der Waals surface area contributed by atoms with Crippen molar-refractivity contribution in [3.8, 4) is 0 Å². The zero-order chi connectivity index (χ0) is 19.3. The predicted molar refractivity (Wildman–Crippen MR) is 94.0 cm³/mol. The molecule has 0 saturated heterocycles. The Kier molecular flexibility index (Phi) is 5.77. The van der Waals surface area contributed by atoms with Crippen LogP contribution < -0.4 is 0 Å². The van der Waals surface area contributed by atoms with Gasteiger partial charge in [0, 0.05) is 6.66 Å². The van der Waals surface area contributed by atoms with Gasteiger partial charge in [-0.25, -0.2) is 17.3 Å². The smallest absolute Gasteiger partial charge is 0.324 e. The molecule has 2 rings (SSSR count). The molecule has 0 aromatic heterocycles. The first-order chi connectivity index (χ1) is 11.1. The van der Waals surface area contributed by atoms with E-state index in [-0.39, 0.29) is 22.5 Å². The molecule has 25 heavy (non-hydrogen) atoms. The van der Waals surface area contributed by atoms with Crippen molar-refractivity contribution < 1.29 is 36.2 Å². The van der Waals surface area contributed by atoms with Gasteiger partial charge < -0.3 is 9.79 Å². The Hall–Kier alpha value is 0.250. The predicted octanol–water partition coefficient (Wildman–Crippen LogP) is 2.81. The SMILES string of the molecule is CC12CCC(C(CS(=O)(=O)CCOP(=O)(O)OP(C)(=O)O)C1)C2(C)C. The summed E-state index contributed by atoms with van der Waals surface area (Å²) in [6.07, 6.45) is 3.02. The van der Waals surface area contributed by atoms with E-state index in [4.69, 9.17) is 4.89 Å². The first kappa shape index (κ1) is 21.5. The van der Waals surface area contributed by atoms with Crippen LogP contribution in [0.5, 0.6) is 0 Å². The van der Waals surface area contributed by atoms with Crippen LogP contribution in [0.3, 0.4) is 0 Å². The van der Waals surface area contributed by atoms with Crippen molar-refractivity contribution in [2.75, 3.05) is 24.8 Å². The Morgan fingerprint density at radius 2 is 1.80 bits per heavy atom. The summed E-state index contributed by atoms with van der Waals surface area (Å²) in [6, 6.07) is 0. The van der Waals surface area contributed by atoms with E-state index in [1.165, 1.54) is 0 Å². The van der Waals surface area contributed by atoms with E-state index in [0.29, 0.717) is 5.92 Å². The number of hydrogen-bond donors (Lipinski definition) is 2. The van der Waals surface area contributed by atoms with Crippen LogP contribution in [0.25, 0.3) is 0 Å². The van der Waals surface area contributed by atoms with Gasteiger partial charge in [-0.2, -0.15) is 0 Å². The second-order valence-corrected chi connectivity index (χ2v) is 13.9. The number of rotatable bonds is 8. The lowest BCUT2D eigenvalue weighted by atomic mass is 9.71. The van der Waals surface area contributed by atoms with Crippen LogP contribution in [-0.2, 0) is 27.8 Å². The van der Waals surface area contributed by atoms with Gasteiger partial charge in [-0.1, -0.05) is 20.8 Å². The molecule has 2 aliphatic carbocycles. The molecule has 0 heterocycles. The average molecular weight is 418 g/mol. The lowest BCUT2D eigenvalue weighted by molar-refractivity contribution is 0.152. The van der Waals surface area contributed by atoms with Gasteiger partial charge in [0.15, 0.2) is 9.84 Å². The third-order valence-corrected chi connectivity index (χ3v) is 10.4. The Labute approximate surface area is 149 Å². The molecule has 11 heteroatoms. The number of phosphoric acid groups is 1. The van der Waals surface area contributed by atoms with Crippen molar-refractivity contribution in [1.82, 2.24) is 0 Å². The fraction of sp³-hybridized carbons (Fsp3) is 1.00. The van der Waals surface area contributed by atoms with E-state index in [1.807, 2.05) is 0 Å². The summed E-state index contributed by atoms with van der Waals surface area (Å²) < 4.78 is 55.7. The summed E-state index contributed by atoms with van der Waals surface area (Å²) in [5, 5.41) is 0. The standard InChI is InChI=1S/C14H28O8P2S/c1-13(2)12-5-6-14(13,3)9-11(12)10-25(19,20)8-7-21-24(17,18)22-23(4,15)16/h11-12H,5-10H2,1-4H3,(H,15,16)(H,17,18). The number of fused-ring (bicyclic) bond motifs is 2. The van der Waals surface area contributed by atoms with Crippen molar-refractivity contribution in [3.05, 3.63) is 0 Å².